The summed E-state index contributed by atoms with van der Waals surface area (Å²) in [6, 6.07) is 18.3. The number of hydrogen-bond donors (Lipinski definition) is 0. The number of cyclic esters (lactones) is 1. The smallest absolute Gasteiger partial charge is 0.409 e. The monoisotopic (exact) mass is 434 g/mol. The van der Waals surface area contributed by atoms with Gasteiger partial charge in [0.05, 0.1) is 11.0 Å². The van der Waals surface area contributed by atoms with E-state index in [2.05, 4.69) is 4.98 Å². The van der Waals surface area contributed by atoms with Gasteiger partial charge >= 0.3 is 6.09 Å². The first-order chi connectivity index (χ1) is 15.4. The summed E-state index contributed by atoms with van der Waals surface area (Å²) in [6.45, 7) is 0.407. The van der Waals surface area contributed by atoms with Gasteiger partial charge in [-0.3, -0.25) is 10.1 Å². The molecule has 0 bridgehead atoms. The van der Waals surface area contributed by atoms with Crippen molar-refractivity contribution < 1.29 is 19.2 Å². The van der Waals surface area contributed by atoms with Crippen LogP contribution in [-0.4, -0.2) is 47.6 Å². The number of nitro groups is 1. The van der Waals surface area contributed by atoms with Crippen LogP contribution >= 0.6 is 0 Å². The van der Waals surface area contributed by atoms with Crippen LogP contribution in [0.1, 0.15) is 5.56 Å². The zero-order valence-electron chi connectivity index (χ0n) is 17.7. The Morgan fingerprint density at radius 3 is 2.31 bits per heavy atom. The van der Waals surface area contributed by atoms with Gasteiger partial charge in [0, 0.05) is 25.8 Å². The van der Waals surface area contributed by atoms with Crippen molar-refractivity contribution in [1.29, 1.82) is 0 Å². The lowest BCUT2D eigenvalue weighted by Gasteiger charge is -2.18. The molecule has 1 aromatic heterocycles. The fourth-order valence-electron chi connectivity index (χ4n) is 3.38. The van der Waals surface area contributed by atoms with E-state index in [-0.39, 0.29) is 17.8 Å². The molecule has 164 valence electrons. The quantitative estimate of drug-likeness (QED) is 0.398. The van der Waals surface area contributed by atoms with E-state index in [0.717, 1.165) is 17.7 Å². The molecule has 0 saturated carbocycles. The number of nitrogens with zero attached hydrogens (tertiary/aromatic N) is 4. The van der Waals surface area contributed by atoms with Gasteiger partial charge in [-0.2, -0.15) is 0 Å². The molecule has 2 aromatic carbocycles. The zero-order valence-corrected chi connectivity index (χ0v) is 17.7. The summed E-state index contributed by atoms with van der Waals surface area (Å²) in [6.07, 6.45) is 1.68. The van der Waals surface area contributed by atoms with E-state index in [1.807, 2.05) is 60.5 Å². The molecule has 0 radical (unpaired) electrons. The molecule has 1 saturated heterocycles. The molecular formula is C23H22N4O5. The number of aromatic nitrogens is 1. The number of carbonyl (C=O) groups excluding carboxylic acids is 1. The predicted molar refractivity (Wildman–Crippen MR) is 119 cm³/mol. The number of carbonyl (C=O) groups is 1. The second-order valence-electron chi connectivity index (χ2n) is 7.48. The Hall–Kier alpha value is -4.14. The molecule has 4 rings (SSSR count). The van der Waals surface area contributed by atoms with Crippen molar-refractivity contribution in [3.63, 3.8) is 0 Å². The van der Waals surface area contributed by atoms with Gasteiger partial charge in [-0.1, -0.05) is 12.1 Å². The molecule has 32 heavy (non-hydrogen) atoms. The summed E-state index contributed by atoms with van der Waals surface area (Å²) in [5.41, 5.74) is 1.92. The Balaban J connectivity index is 1.37. The number of hydrogen-bond acceptors (Lipinski definition) is 7. The minimum Gasteiger partial charge on any atom is -0.457 e. The van der Waals surface area contributed by atoms with Gasteiger partial charge in [-0.15, -0.1) is 0 Å². The first-order valence-corrected chi connectivity index (χ1v) is 10.0. The summed E-state index contributed by atoms with van der Waals surface area (Å²) < 4.78 is 11.0. The zero-order chi connectivity index (χ0) is 22.7. The van der Waals surface area contributed by atoms with Crippen LogP contribution in [0.4, 0.5) is 22.0 Å². The first-order valence-electron chi connectivity index (χ1n) is 10.0. The normalized spacial score (nSPS) is 15.4. The van der Waals surface area contributed by atoms with Crippen LogP contribution in [0, 0.1) is 10.1 Å². The van der Waals surface area contributed by atoms with Gasteiger partial charge in [-0.05, 0) is 54.4 Å². The highest BCUT2D eigenvalue weighted by Gasteiger charge is 2.29. The molecule has 1 fully saturated rings. The van der Waals surface area contributed by atoms with E-state index in [1.54, 1.807) is 18.0 Å². The lowest BCUT2D eigenvalue weighted by atomic mass is 10.1. The lowest BCUT2D eigenvalue weighted by Crippen LogP contribution is -2.30. The van der Waals surface area contributed by atoms with Gasteiger partial charge in [0.25, 0.3) is 5.69 Å². The van der Waals surface area contributed by atoms with Crippen LogP contribution < -0.4 is 9.64 Å². The van der Waals surface area contributed by atoms with E-state index in [9.17, 15) is 14.9 Å². The number of ether oxygens (including phenoxy) is 2. The van der Waals surface area contributed by atoms with E-state index in [0.29, 0.717) is 23.9 Å². The molecular weight excluding hydrogens is 412 g/mol. The highest BCUT2D eigenvalue weighted by Crippen LogP contribution is 2.28. The third kappa shape index (κ3) is 4.61. The average Bonchev–Trinajstić information content (AvgIpc) is 3.12. The molecule has 0 aliphatic carbocycles. The predicted octanol–water partition coefficient (Wildman–Crippen LogP) is 4.54. The Morgan fingerprint density at radius 1 is 1.12 bits per heavy atom. The van der Waals surface area contributed by atoms with Crippen LogP contribution in [0.5, 0.6) is 11.5 Å². The third-order valence-corrected chi connectivity index (χ3v) is 5.38. The number of anilines is 2. The van der Waals surface area contributed by atoms with Crippen LogP contribution in [-0.2, 0) is 11.2 Å². The molecule has 0 N–H and O–H groups in total. The van der Waals surface area contributed by atoms with Gasteiger partial charge in [0.2, 0.25) is 0 Å². The average molecular weight is 434 g/mol. The molecule has 1 atom stereocenters. The summed E-state index contributed by atoms with van der Waals surface area (Å²) >= 11 is 0. The molecule has 1 amide bonds. The van der Waals surface area contributed by atoms with Crippen molar-refractivity contribution in [2.24, 2.45) is 0 Å². The second kappa shape index (κ2) is 8.93. The van der Waals surface area contributed by atoms with Crippen LogP contribution in [0.15, 0.2) is 66.9 Å². The molecule has 2 heterocycles. The third-order valence-electron chi connectivity index (χ3n) is 5.38. The summed E-state index contributed by atoms with van der Waals surface area (Å²) in [5.74, 6) is 1.99. The SMILES string of the molecule is CN(c1ccc(Oc2ccc(CC3COC(=O)N3C)cc2)cc1)c1ccc([N+](=O)[O-])cn1. The summed E-state index contributed by atoms with van der Waals surface area (Å²) in [4.78, 5) is 29.4. The standard InChI is InChI=1S/C23H22N4O5/c1-25(22-12-7-18(14-24-22)27(29)30)17-5-10-21(11-6-17)32-20-8-3-16(4-9-20)13-19-15-31-23(28)26(19)2/h3-12,14,19H,13,15H2,1-2H3. The van der Waals surface area contributed by atoms with Crippen molar-refractivity contribution in [2.75, 3.05) is 25.6 Å². The van der Waals surface area contributed by atoms with Crippen molar-refractivity contribution >= 4 is 23.3 Å². The van der Waals surface area contributed by atoms with Crippen molar-refractivity contribution in [1.82, 2.24) is 9.88 Å². The fourth-order valence-corrected chi connectivity index (χ4v) is 3.38. The number of rotatable bonds is 7. The van der Waals surface area contributed by atoms with E-state index in [4.69, 9.17) is 9.47 Å². The van der Waals surface area contributed by atoms with Crippen molar-refractivity contribution in [3.8, 4) is 11.5 Å². The minimum absolute atomic E-state index is 0.0454. The Labute approximate surface area is 185 Å². The van der Waals surface area contributed by atoms with Crippen molar-refractivity contribution in [3.05, 3.63) is 82.5 Å². The van der Waals surface area contributed by atoms with Gasteiger partial charge in [0.15, 0.2) is 0 Å². The van der Waals surface area contributed by atoms with Crippen LogP contribution in [0.3, 0.4) is 0 Å². The highest BCUT2D eigenvalue weighted by molar-refractivity contribution is 5.69. The molecule has 1 aliphatic rings. The van der Waals surface area contributed by atoms with E-state index < -0.39 is 4.92 Å². The maximum absolute atomic E-state index is 11.5. The number of pyridine rings is 1. The Kier molecular flexibility index (Phi) is 5.89. The highest BCUT2D eigenvalue weighted by atomic mass is 16.6. The molecule has 0 spiro atoms. The topological polar surface area (TPSA) is 98.0 Å². The molecule has 9 nitrogen and oxygen atoms in total. The van der Waals surface area contributed by atoms with Crippen molar-refractivity contribution in [2.45, 2.75) is 12.5 Å². The second-order valence-corrected chi connectivity index (χ2v) is 7.48. The molecule has 1 unspecified atom stereocenters. The fraction of sp³-hybridized carbons (Fsp3) is 0.217. The Bertz CT molecular complexity index is 1100. The molecule has 9 heteroatoms. The van der Waals surface area contributed by atoms with Crippen LogP contribution in [0.25, 0.3) is 0 Å². The largest absolute Gasteiger partial charge is 0.457 e. The van der Waals surface area contributed by atoms with Crippen LogP contribution in [0.2, 0.25) is 0 Å². The summed E-state index contributed by atoms with van der Waals surface area (Å²) in [7, 11) is 3.58. The number of amides is 1. The van der Waals surface area contributed by atoms with E-state index in [1.165, 1.54) is 12.3 Å². The maximum Gasteiger partial charge on any atom is 0.409 e. The van der Waals surface area contributed by atoms with Gasteiger partial charge < -0.3 is 19.3 Å². The molecule has 1 aliphatic heterocycles. The lowest BCUT2D eigenvalue weighted by molar-refractivity contribution is -0.385. The van der Waals surface area contributed by atoms with Gasteiger partial charge in [-0.25, -0.2) is 9.78 Å². The first kappa shape index (κ1) is 21.1. The number of benzene rings is 2. The van der Waals surface area contributed by atoms with Gasteiger partial charge in [0.1, 0.15) is 30.1 Å². The minimum atomic E-state index is -0.474. The summed E-state index contributed by atoms with van der Waals surface area (Å²) in [5, 5.41) is 10.8. The Morgan fingerprint density at radius 2 is 1.78 bits per heavy atom. The van der Waals surface area contributed by atoms with E-state index >= 15 is 0 Å². The maximum atomic E-state index is 11.5. The number of likely N-dealkylation sites (N-methyl/N-ethyl adjacent to an activating group) is 1. The molecule has 3 aromatic rings.